The van der Waals surface area contributed by atoms with Crippen LogP contribution in [0.2, 0.25) is 0 Å². The molecule has 0 radical (unpaired) electrons. The zero-order valence-electron chi connectivity index (χ0n) is 9.35. The summed E-state index contributed by atoms with van der Waals surface area (Å²) in [7, 11) is 0. The Morgan fingerprint density at radius 2 is 2.00 bits per heavy atom. The van der Waals surface area contributed by atoms with E-state index in [1.807, 2.05) is 6.92 Å². The molecule has 0 amide bonds. The fourth-order valence-electron chi connectivity index (χ4n) is 1.21. The van der Waals surface area contributed by atoms with Crippen molar-refractivity contribution in [3.8, 4) is 0 Å². The number of hydrogen-bond donors (Lipinski definition) is 2. The number of nitrogens with one attached hydrogen (secondary N) is 1. The van der Waals surface area contributed by atoms with Gasteiger partial charge in [0, 0.05) is 13.1 Å². The highest BCUT2D eigenvalue weighted by Crippen LogP contribution is 2.44. The highest BCUT2D eigenvalue weighted by molar-refractivity contribution is 4.91. The molecular formula is C11H23NO. The summed E-state index contributed by atoms with van der Waals surface area (Å²) in [6.45, 7) is 10.1. The zero-order chi connectivity index (χ0) is 10.1. The number of aliphatic hydroxyl groups is 1. The van der Waals surface area contributed by atoms with Gasteiger partial charge in [0.15, 0.2) is 0 Å². The van der Waals surface area contributed by atoms with Crippen molar-refractivity contribution in [3.05, 3.63) is 0 Å². The molecule has 2 heteroatoms. The lowest BCUT2D eigenvalue weighted by Gasteiger charge is -2.28. The van der Waals surface area contributed by atoms with Crippen molar-refractivity contribution >= 4 is 0 Å². The van der Waals surface area contributed by atoms with E-state index in [9.17, 15) is 5.11 Å². The molecule has 1 aliphatic rings. The van der Waals surface area contributed by atoms with Crippen molar-refractivity contribution in [2.45, 2.75) is 46.1 Å². The Labute approximate surface area is 81.7 Å². The molecule has 1 atom stereocenters. The fourth-order valence-corrected chi connectivity index (χ4v) is 1.21. The molecule has 13 heavy (non-hydrogen) atoms. The van der Waals surface area contributed by atoms with Gasteiger partial charge in [0.2, 0.25) is 0 Å². The lowest BCUT2D eigenvalue weighted by Crippen LogP contribution is -2.43. The van der Waals surface area contributed by atoms with Crippen LogP contribution in [0.1, 0.15) is 40.5 Å². The van der Waals surface area contributed by atoms with Gasteiger partial charge in [-0.1, -0.05) is 20.8 Å². The van der Waals surface area contributed by atoms with E-state index in [1.54, 1.807) is 0 Å². The average Bonchev–Trinajstić information content (AvgIpc) is 2.67. The summed E-state index contributed by atoms with van der Waals surface area (Å²) in [5.41, 5.74) is -0.0295. The summed E-state index contributed by atoms with van der Waals surface area (Å²) in [4.78, 5) is 0. The highest BCUT2D eigenvalue weighted by Gasteiger charge is 2.37. The minimum atomic E-state index is -0.564. The van der Waals surface area contributed by atoms with Crippen LogP contribution in [0, 0.1) is 11.3 Å². The second-order valence-corrected chi connectivity index (χ2v) is 5.43. The molecule has 1 aliphatic carbocycles. The smallest absolute Gasteiger partial charge is 0.0766 e. The quantitative estimate of drug-likeness (QED) is 0.684. The Morgan fingerprint density at radius 1 is 1.46 bits per heavy atom. The highest BCUT2D eigenvalue weighted by atomic mass is 16.3. The molecule has 0 aliphatic heterocycles. The zero-order valence-corrected chi connectivity index (χ0v) is 9.35. The first-order valence-electron chi connectivity index (χ1n) is 5.29. The van der Waals surface area contributed by atoms with E-state index in [2.05, 4.69) is 26.1 Å². The van der Waals surface area contributed by atoms with E-state index >= 15 is 0 Å². The molecule has 0 aromatic carbocycles. The average molecular weight is 185 g/mol. The Hall–Kier alpha value is -0.0800. The standard InChI is InChI=1S/C11H23NO/c1-9(2)11(4,13)8-12-7-10(3)5-6-10/h9,12-13H,5-8H2,1-4H3. The second kappa shape index (κ2) is 3.58. The summed E-state index contributed by atoms with van der Waals surface area (Å²) >= 11 is 0. The van der Waals surface area contributed by atoms with Gasteiger partial charge >= 0.3 is 0 Å². The number of rotatable bonds is 5. The first-order chi connectivity index (χ1) is 5.86. The molecule has 0 aromatic rings. The SMILES string of the molecule is CC(C)C(C)(O)CNCC1(C)CC1. The maximum atomic E-state index is 9.95. The van der Waals surface area contributed by atoms with E-state index in [0.29, 0.717) is 17.9 Å². The molecule has 0 bridgehead atoms. The van der Waals surface area contributed by atoms with Gasteiger partial charge in [0.05, 0.1) is 5.60 Å². The van der Waals surface area contributed by atoms with Crippen LogP contribution in [0.5, 0.6) is 0 Å². The second-order valence-electron chi connectivity index (χ2n) is 5.43. The predicted molar refractivity (Wildman–Crippen MR) is 55.7 cm³/mol. The third-order valence-electron chi connectivity index (χ3n) is 3.38. The van der Waals surface area contributed by atoms with Gasteiger partial charge in [-0.15, -0.1) is 0 Å². The van der Waals surface area contributed by atoms with E-state index < -0.39 is 5.60 Å². The third kappa shape index (κ3) is 3.28. The topological polar surface area (TPSA) is 32.3 Å². The molecule has 0 heterocycles. The molecular weight excluding hydrogens is 162 g/mol. The van der Waals surface area contributed by atoms with Crippen molar-refractivity contribution in [2.24, 2.45) is 11.3 Å². The Morgan fingerprint density at radius 3 is 2.38 bits per heavy atom. The van der Waals surface area contributed by atoms with Crippen LogP contribution in [-0.2, 0) is 0 Å². The van der Waals surface area contributed by atoms with Crippen molar-refractivity contribution in [1.29, 1.82) is 0 Å². The maximum Gasteiger partial charge on any atom is 0.0766 e. The van der Waals surface area contributed by atoms with Crippen LogP contribution in [0.3, 0.4) is 0 Å². The van der Waals surface area contributed by atoms with Crippen LogP contribution < -0.4 is 5.32 Å². The number of hydrogen-bond acceptors (Lipinski definition) is 2. The van der Waals surface area contributed by atoms with Crippen LogP contribution in [-0.4, -0.2) is 23.8 Å². The predicted octanol–water partition coefficient (Wildman–Crippen LogP) is 1.78. The van der Waals surface area contributed by atoms with Crippen LogP contribution in [0.4, 0.5) is 0 Å². The van der Waals surface area contributed by atoms with Crippen molar-refractivity contribution < 1.29 is 5.11 Å². The Bertz CT molecular complexity index is 171. The van der Waals surface area contributed by atoms with E-state index in [1.165, 1.54) is 12.8 Å². The third-order valence-corrected chi connectivity index (χ3v) is 3.38. The van der Waals surface area contributed by atoms with E-state index in [-0.39, 0.29) is 0 Å². The monoisotopic (exact) mass is 185 g/mol. The minimum Gasteiger partial charge on any atom is -0.389 e. The van der Waals surface area contributed by atoms with Crippen LogP contribution in [0.15, 0.2) is 0 Å². The van der Waals surface area contributed by atoms with Crippen molar-refractivity contribution in [3.63, 3.8) is 0 Å². The molecule has 1 rings (SSSR count). The summed E-state index contributed by atoms with van der Waals surface area (Å²) in [5.74, 6) is 0.312. The van der Waals surface area contributed by atoms with Gasteiger partial charge in [-0.25, -0.2) is 0 Å². The van der Waals surface area contributed by atoms with Gasteiger partial charge < -0.3 is 10.4 Å². The maximum absolute atomic E-state index is 9.95. The van der Waals surface area contributed by atoms with Crippen molar-refractivity contribution in [1.82, 2.24) is 5.32 Å². The molecule has 2 nitrogen and oxygen atoms in total. The fraction of sp³-hybridized carbons (Fsp3) is 1.00. The van der Waals surface area contributed by atoms with Gasteiger partial charge in [-0.05, 0) is 31.1 Å². The van der Waals surface area contributed by atoms with Crippen LogP contribution in [0.25, 0.3) is 0 Å². The molecule has 0 saturated heterocycles. The van der Waals surface area contributed by atoms with E-state index in [4.69, 9.17) is 0 Å². The lowest BCUT2D eigenvalue weighted by molar-refractivity contribution is 0.0135. The Balaban J connectivity index is 2.17. The lowest BCUT2D eigenvalue weighted by atomic mass is 9.92. The van der Waals surface area contributed by atoms with E-state index in [0.717, 1.165) is 6.54 Å². The van der Waals surface area contributed by atoms with Gasteiger partial charge in [-0.3, -0.25) is 0 Å². The van der Waals surface area contributed by atoms with Crippen LogP contribution >= 0.6 is 0 Å². The van der Waals surface area contributed by atoms with Gasteiger partial charge in [-0.2, -0.15) is 0 Å². The first-order valence-corrected chi connectivity index (χ1v) is 5.29. The molecule has 0 spiro atoms. The normalized spacial score (nSPS) is 24.5. The van der Waals surface area contributed by atoms with Crippen molar-refractivity contribution in [2.75, 3.05) is 13.1 Å². The molecule has 0 aromatic heterocycles. The molecule has 1 saturated carbocycles. The molecule has 78 valence electrons. The first kappa shape index (κ1) is 11.0. The minimum absolute atomic E-state index is 0.312. The molecule has 1 fully saturated rings. The summed E-state index contributed by atoms with van der Waals surface area (Å²) in [6.07, 6.45) is 2.67. The summed E-state index contributed by atoms with van der Waals surface area (Å²) in [6, 6.07) is 0. The largest absolute Gasteiger partial charge is 0.389 e. The summed E-state index contributed by atoms with van der Waals surface area (Å²) in [5, 5.41) is 13.3. The Kier molecular flexibility index (Phi) is 3.03. The molecule has 1 unspecified atom stereocenters. The summed E-state index contributed by atoms with van der Waals surface area (Å²) < 4.78 is 0. The molecule has 2 N–H and O–H groups in total. The van der Waals surface area contributed by atoms with Gasteiger partial charge in [0.1, 0.15) is 0 Å². The van der Waals surface area contributed by atoms with Gasteiger partial charge in [0.25, 0.3) is 0 Å².